The van der Waals surface area contributed by atoms with Crippen molar-refractivity contribution in [2.75, 3.05) is 11.9 Å². The Kier molecular flexibility index (Phi) is 5.56. The normalized spacial score (nSPS) is 22.0. The fourth-order valence-corrected chi connectivity index (χ4v) is 3.37. The maximum atomic E-state index is 12.4. The monoisotopic (exact) mass is 418 g/mol. The van der Waals surface area contributed by atoms with Gasteiger partial charge >= 0.3 is 8.25 Å². The van der Waals surface area contributed by atoms with Gasteiger partial charge in [-0.2, -0.15) is 0 Å². The number of anilines is 1. The Morgan fingerprint density at radius 1 is 1.31 bits per heavy atom. The van der Waals surface area contributed by atoms with Crippen LogP contribution in [0.2, 0.25) is 0 Å². The van der Waals surface area contributed by atoms with Gasteiger partial charge in [0.15, 0.2) is 17.0 Å². The number of ether oxygens (including phenoxy) is 1. The van der Waals surface area contributed by atoms with Crippen LogP contribution in [0.25, 0.3) is 11.2 Å². The fraction of sp³-hybridized carbons (Fsp3) is 0.294. The number of imidazole rings is 1. The highest BCUT2D eigenvalue weighted by molar-refractivity contribution is 7.32. The third kappa shape index (κ3) is 4.14. The van der Waals surface area contributed by atoms with Gasteiger partial charge in [0, 0.05) is 16.5 Å². The molecule has 11 nitrogen and oxygen atoms in total. The average molecular weight is 418 g/mol. The van der Waals surface area contributed by atoms with Crippen molar-refractivity contribution in [3.8, 4) is 0 Å². The molecule has 4 atom stereocenters. The highest BCUT2D eigenvalue weighted by Gasteiger charge is 2.38. The van der Waals surface area contributed by atoms with E-state index in [-0.39, 0.29) is 24.8 Å². The van der Waals surface area contributed by atoms with E-state index in [4.69, 9.17) is 9.63 Å². The predicted octanol–water partition coefficient (Wildman–Crippen LogP) is 1.39. The topological polar surface area (TPSA) is 149 Å². The molecular formula is C17H17N5O6P+. The minimum atomic E-state index is -2.78. The maximum absolute atomic E-state index is 12.4. The van der Waals surface area contributed by atoms with Gasteiger partial charge in [-0.05, 0) is 12.1 Å². The molecule has 3 heterocycles. The average Bonchev–Trinajstić information content (AvgIpc) is 3.31. The number of aliphatic hydroxyl groups excluding tert-OH is 1. The van der Waals surface area contributed by atoms with Crippen LogP contribution in [0, 0.1) is 0 Å². The molecule has 1 aromatic carbocycles. The van der Waals surface area contributed by atoms with Crippen molar-refractivity contribution in [2.24, 2.45) is 0 Å². The maximum Gasteiger partial charge on any atom is 0.694 e. The molecule has 1 saturated heterocycles. The molecule has 3 aromatic rings. The number of aliphatic hydroxyl groups is 1. The van der Waals surface area contributed by atoms with Gasteiger partial charge in [-0.1, -0.05) is 18.2 Å². The Morgan fingerprint density at radius 3 is 2.86 bits per heavy atom. The van der Waals surface area contributed by atoms with Crippen molar-refractivity contribution in [1.82, 2.24) is 19.5 Å². The molecule has 29 heavy (non-hydrogen) atoms. The van der Waals surface area contributed by atoms with E-state index in [0.717, 1.165) is 0 Å². The molecule has 12 heteroatoms. The van der Waals surface area contributed by atoms with Gasteiger partial charge < -0.3 is 15.2 Å². The van der Waals surface area contributed by atoms with Gasteiger partial charge in [0.25, 0.3) is 5.91 Å². The molecule has 0 saturated carbocycles. The SMILES string of the molecule is O=C(Nc1ncnc2c1ncn2[C@H]1C[C@H](O)[C@@H](CO[P+](=O)O)O1)c1ccccc1. The molecule has 4 rings (SSSR count). The molecule has 0 spiro atoms. The third-order valence-corrected chi connectivity index (χ3v) is 4.86. The smallest absolute Gasteiger partial charge is 0.390 e. The zero-order chi connectivity index (χ0) is 20.4. The van der Waals surface area contributed by atoms with Crippen molar-refractivity contribution in [1.29, 1.82) is 0 Å². The summed E-state index contributed by atoms with van der Waals surface area (Å²) in [5, 5.41) is 12.9. The number of aromatic nitrogens is 4. The Morgan fingerprint density at radius 2 is 2.10 bits per heavy atom. The predicted molar refractivity (Wildman–Crippen MR) is 100 cm³/mol. The summed E-state index contributed by atoms with van der Waals surface area (Å²) in [6.45, 7) is -0.219. The van der Waals surface area contributed by atoms with E-state index in [0.29, 0.717) is 16.7 Å². The van der Waals surface area contributed by atoms with E-state index in [1.54, 1.807) is 28.8 Å². The van der Waals surface area contributed by atoms with Crippen molar-refractivity contribution in [3.63, 3.8) is 0 Å². The Hall–Kier alpha value is -2.82. The first-order valence-electron chi connectivity index (χ1n) is 8.69. The van der Waals surface area contributed by atoms with E-state index in [2.05, 4.69) is 24.8 Å². The van der Waals surface area contributed by atoms with Gasteiger partial charge in [-0.15, -0.1) is 9.42 Å². The lowest BCUT2D eigenvalue weighted by atomic mass is 10.2. The number of hydrogen-bond donors (Lipinski definition) is 3. The lowest BCUT2D eigenvalue weighted by molar-refractivity contribution is -0.0384. The van der Waals surface area contributed by atoms with Crippen LogP contribution in [-0.4, -0.2) is 54.2 Å². The lowest BCUT2D eigenvalue weighted by Gasteiger charge is -2.13. The molecule has 2 aromatic heterocycles. The number of fused-ring (bicyclic) bond motifs is 1. The molecule has 1 unspecified atom stereocenters. The van der Waals surface area contributed by atoms with E-state index < -0.39 is 26.7 Å². The van der Waals surface area contributed by atoms with E-state index in [1.807, 2.05) is 6.07 Å². The van der Waals surface area contributed by atoms with E-state index in [9.17, 15) is 14.5 Å². The minimum absolute atomic E-state index is 0.219. The van der Waals surface area contributed by atoms with Crippen molar-refractivity contribution in [3.05, 3.63) is 48.5 Å². The summed E-state index contributed by atoms with van der Waals surface area (Å²) in [7, 11) is -2.78. The number of rotatable bonds is 6. The zero-order valence-electron chi connectivity index (χ0n) is 15.0. The molecule has 1 aliphatic heterocycles. The van der Waals surface area contributed by atoms with Crippen LogP contribution in [0.5, 0.6) is 0 Å². The van der Waals surface area contributed by atoms with Gasteiger partial charge in [-0.3, -0.25) is 9.36 Å². The van der Waals surface area contributed by atoms with Crippen LogP contribution in [0.4, 0.5) is 5.82 Å². The van der Waals surface area contributed by atoms with E-state index >= 15 is 0 Å². The second kappa shape index (κ2) is 8.27. The van der Waals surface area contributed by atoms with Gasteiger partial charge in [-0.25, -0.2) is 15.0 Å². The standard InChI is InChI=1S/C17H16N5O6P/c23-11-6-13(28-12(11)7-27-29(25)26)22-9-20-14-15(18-8-19-16(14)22)21-17(24)10-4-2-1-3-5-10/h1-5,8-9,11-13,23H,6-7H2,(H-,18,19,21,24,25,26)/p+1/t11-,12+,13+/m0/s1. The number of carbonyl (C=O) groups excluding carboxylic acids is 1. The summed E-state index contributed by atoms with van der Waals surface area (Å²) in [6, 6.07) is 8.70. The zero-order valence-corrected chi connectivity index (χ0v) is 15.8. The Labute approximate surface area is 165 Å². The Balaban J connectivity index is 1.55. The van der Waals surface area contributed by atoms with Crippen molar-refractivity contribution in [2.45, 2.75) is 24.9 Å². The number of amides is 1. The van der Waals surface area contributed by atoms with Crippen LogP contribution in [-0.2, 0) is 13.8 Å². The highest BCUT2D eigenvalue weighted by Crippen LogP contribution is 2.33. The van der Waals surface area contributed by atoms with Crippen molar-refractivity contribution >= 4 is 31.1 Å². The van der Waals surface area contributed by atoms with Crippen molar-refractivity contribution < 1.29 is 28.6 Å². The first-order valence-corrected chi connectivity index (χ1v) is 9.82. The van der Waals surface area contributed by atoms with Gasteiger partial charge in [0.1, 0.15) is 25.3 Å². The van der Waals surface area contributed by atoms with Crippen LogP contribution in [0.3, 0.4) is 0 Å². The van der Waals surface area contributed by atoms with E-state index in [1.165, 1.54) is 12.7 Å². The highest BCUT2D eigenvalue weighted by atomic mass is 31.1. The molecule has 150 valence electrons. The second-order valence-electron chi connectivity index (χ2n) is 6.33. The molecule has 1 fully saturated rings. The lowest BCUT2D eigenvalue weighted by Crippen LogP contribution is -2.25. The van der Waals surface area contributed by atoms with Gasteiger partial charge in [0.05, 0.1) is 12.4 Å². The van der Waals surface area contributed by atoms with Crippen LogP contribution < -0.4 is 5.32 Å². The first kappa shape index (κ1) is 19.5. The number of benzene rings is 1. The summed E-state index contributed by atoms with van der Waals surface area (Å²) < 4.78 is 22.7. The first-order chi connectivity index (χ1) is 14.0. The molecule has 0 radical (unpaired) electrons. The summed E-state index contributed by atoms with van der Waals surface area (Å²) >= 11 is 0. The number of nitrogens with one attached hydrogen (secondary N) is 1. The number of hydrogen-bond acceptors (Lipinski definition) is 8. The summed E-state index contributed by atoms with van der Waals surface area (Å²) in [5.41, 5.74) is 1.26. The number of carbonyl (C=O) groups is 1. The van der Waals surface area contributed by atoms with Gasteiger partial charge in [0.2, 0.25) is 0 Å². The quantitative estimate of drug-likeness (QED) is 0.505. The molecule has 3 N–H and O–H groups in total. The minimum Gasteiger partial charge on any atom is -0.390 e. The number of nitrogens with zero attached hydrogens (tertiary/aromatic N) is 4. The second-order valence-corrected chi connectivity index (χ2v) is 7.07. The molecule has 1 aliphatic rings. The Bertz CT molecular complexity index is 1050. The molecular weight excluding hydrogens is 401 g/mol. The fourth-order valence-electron chi connectivity index (χ4n) is 3.10. The molecule has 1 amide bonds. The summed E-state index contributed by atoms with van der Waals surface area (Å²) in [4.78, 5) is 33.8. The van der Waals surface area contributed by atoms with Crippen LogP contribution in [0.15, 0.2) is 43.0 Å². The molecule has 0 aliphatic carbocycles. The van der Waals surface area contributed by atoms with Crippen LogP contribution >= 0.6 is 8.25 Å². The summed E-state index contributed by atoms with van der Waals surface area (Å²) in [6.07, 6.45) is 0.743. The largest absolute Gasteiger partial charge is 0.694 e. The summed E-state index contributed by atoms with van der Waals surface area (Å²) in [5.74, 6) is -0.0821. The third-order valence-electron chi connectivity index (χ3n) is 4.49. The van der Waals surface area contributed by atoms with Crippen LogP contribution in [0.1, 0.15) is 23.0 Å². The molecule has 0 bridgehead atoms.